The van der Waals surface area contributed by atoms with Crippen LogP contribution in [-0.4, -0.2) is 21.3 Å². The number of imidazole rings is 1. The fourth-order valence-corrected chi connectivity index (χ4v) is 2.68. The van der Waals surface area contributed by atoms with E-state index in [1.165, 1.54) is 0 Å². The van der Waals surface area contributed by atoms with Crippen molar-refractivity contribution < 1.29 is 9.84 Å². The summed E-state index contributed by atoms with van der Waals surface area (Å²) in [5, 5.41) is 10.9. The van der Waals surface area contributed by atoms with E-state index in [1.54, 1.807) is 6.33 Å². The van der Waals surface area contributed by atoms with E-state index in [-0.39, 0.29) is 0 Å². The lowest BCUT2D eigenvalue weighted by Gasteiger charge is -2.12. The van der Waals surface area contributed by atoms with E-state index in [0.717, 1.165) is 23.3 Å². The van der Waals surface area contributed by atoms with Gasteiger partial charge in [0, 0.05) is 31.1 Å². The van der Waals surface area contributed by atoms with Gasteiger partial charge in [0.15, 0.2) is 0 Å². The highest BCUT2D eigenvalue weighted by Gasteiger charge is 2.20. The van der Waals surface area contributed by atoms with Crippen LogP contribution in [-0.2, 0) is 19.9 Å². The van der Waals surface area contributed by atoms with Gasteiger partial charge in [0.2, 0.25) is 0 Å². The van der Waals surface area contributed by atoms with Crippen molar-refractivity contribution >= 4 is 11.6 Å². The highest BCUT2D eigenvalue weighted by Crippen LogP contribution is 2.35. The van der Waals surface area contributed by atoms with Crippen LogP contribution in [0.5, 0.6) is 5.75 Å². The molecule has 1 atom stereocenters. The third-order valence-corrected chi connectivity index (χ3v) is 3.52. The van der Waals surface area contributed by atoms with Gasteiger partial charge in [-0.25, -0.2) is 4.98 Å². The van der Waals surface area contributed by atoms with Crippen molar-refractivity contribution in [1.82, 2.24) is 9.55 Å². The summed E-state index contributed by atoms with van der Waals surface area (Å²) in [6.07, 6.45) is 4.18. The zero-order valence-electron chi connectivity index (χ0n) is 10.6. The summed E-state index contributed by atoms with van der Waals surface area (Å²) >= 11 is 6.11. The van der Waals surface area contributed by atoms with E-state index in [9.17, 15) is 5.11 Å². The lowest BCUT2D eigenvalue weighted by Crippen LogP contribution is -2.04. The van der Waals surface area contributed by atoms with Crippen LogP contribution >= 0.6 is 11.6 Å². The molecule has 0 fully saturated rings. The zero-order chi connectivity index (χ0) is 13.4. The van der Waals surface area contributed by atoms with Gasteiger partial charge in [-0.1, -0.05) is 11.6 Å². The molecule has 100 valence electrons. The number of aliphatic hydroxyl groups is 1. The number of aromatic nitrogens is 2. The van der Waals surface area contributed by atoms with Crippen LogP contribution in [0.3, 0.4) is 0 Å². The minimum atomic E-state index is -0.645. The first-order chi connectivity index (χ1) is 9.13. The first-order valence-corrected chi connectivity index (χ1v) is 6.61. The third kappa shape index (κ3) is 2.46. The lowest BCUT2D eigenvalue weighted by molar-refractivity contribution is 0.172. The number of aryl methyl sites for hydroxylation is 1. The minimum absolute atomic E-state index is 0.458. The smallest absolute Gasteiger partial charge is 0.126 e. The Labute approximate surface area is 116 Å². The van der Waals surface area contributed by atoms with Crippen LogP contribution < -0.4 is 4.74 Å². The molecule has 3 rings (SSSR count). The second-order valence-corrected chi connectivity index (χ2v) is 5.27. The molecule has 1 unspecified atom stereocenters. The standard InChI is InChI=1S/C14H15ClN2O2/c1-17-7-12(16-8-17)13(18)6-10-5-11(15)4-9-2-3-19-14(9)10/h4-5,7-8,13,18H,2-3,6H2,1H3. The number of nitrogens with zero attached hydrogens (tertiary/aromatic N) is 2. The molecule has 0 aliphatic carbocycles. The quantitative estimate of drug-likeness (QED) is 0.937. The second-order valence-electron chi connectivity index (χ2n) is 4.84. The Morgan fingerprint density at radius 2 is 2.37 bits per heavy atom. The van der Waals surface area contributed by atoms with Crippen molar-refractivity contribution in [3.63, 3.8) is 0 Å². The Kier molecular flexibility index (Phi) is 3.21. The summed E-state index contributed by atoms with van der Waals surface area (Å²) in [6.45, 7) is 0.683. The molecular formula is C14H15ClN2O2. The molecule has 2 aromatic rings. The Morgan fingerprint density at radius 1 is 1.53 bits per heavy atom. The number of halogens is 1. The predicted molar refractivity (Wildman–Crippen MR) is 72.5 cm³/mol. The average molecular weight is 279 g/mol. The largest absolute Gasteiger partial charge is 0.493 e. The van der Waals surface area contributed by atoms with Gasteiger partial charge in [0.25, 0.3) is 0 Å². The van der Waals surface area contributed by atoms with Crippen molar-refractivity contribution in [2.75, 3.05) is 6.61 Å². The SMILES string of the molecule is Cn1cnc(C(O)Cc2cc(Cl)cc3c2OCC3)c1. The van der Waals surface area contributed by atoms with Gasteiger partial charge in [0.1, 0.15) is 11.9 Å². The maximum Gasteiger partial charge on any atom is 0.126 e. The van der Waals surface area contributed by atoms with Crippen molar-refractivity contribution in [1.29, 1.82) is 0 Å². The molecule has 1 aromatic carbocycles. The summed E-state index contributed by atoms with van der Waals surface area (Å²) in [6, 6.07) is 3.79. The Balaban J connectivity index is 1.87. The Hall–Kier alpha value is -1.52. The topological polar surface area (TPSA) is 47.3 Å². The molecule has 1 aliphatic rings. The Bertz CT molecular complexity index is 609. The molecule has 0 bridgehead atoms. The molecule has 0 amide bonds. The van der Waals surface area contributed by atoms with Gasteiger partial charge in [-0.15, -0.1) is 0 Å². The molecule has 1 N–H and O–H groups in total. The molecule has 5 heteroatoms. The average Bonchev–Trinajstić information content (AvgIpc) is 2.97. The van der Waals surface area contributed by atoms with Gasteiger partial charge < -0.3 is 14.4 Å². The van der Waals surface area contributed by atoms with E-state index < -0.39 is 6.10 Å². The Morgan fingerprint density at radius 3 is 3.11 bits per heavy atom. The first kappa shape index (κ1) is 12.5. The van der Waals surface area contributed by atoms with Crippen LogP contribution in [0.2, 0.25) is 5.02 Å². The third-order valence-electron chi connectivity index (χ3n) is 3.30. The molecule has 0 saturated heterocycles. The van der Waals surface area contributed by atoms with Crippen molar-refractivity contribution in [3.8, 4) is 5.75 Å². The van der Waals surface area contributed by atoms with Crippen molar-refractivity contribution in [2.45, 2.75) is 18.9 Å². The highest BCUT2D eigenvalue weighted by atomic mass is 35.5. The lowest BCUT2D eigenvalue weighted by atomic mass is 10.0. The molecule has 0 radical (unpaired) electrons. The van der Waals surface area contributed by atoms with Crippen LogP contribution in [0.25, 0.3) is 0 Å². The van der Waals surface area contributed by atoms with Crippen LogP contribution in [0.15, 0.2) is 24.7 Å². The number of hydrogen-bond donors (Lipinski definition) is 1. The summed E-state index contributed by atoms with van der Waals surface area (Å²) in [4.78, 5) is 4.17. The number of rotatable bonds is 3. The fourth-order valence-electron chi connectivity index (χ4n) is 2.42. The van der Waals surface area contributed by atoms with Gasteiger partial charge in [-0.3, -0.25) is 0 Å². The summed E-state index contributed by atoms with van der Waals surface area (Å²) in [5.41, 5.74) is 2.73. The van der Waals surface area contributed by atoms with E-state index in [0.29, 0.717) is 23.7 Å². The maximum atomic E-state index is 10.2. The van der Waals surface area contributed by atoms with Gasteiger partial charge in [-0.2, -0.15) is 0 Å². The summed E-state index contributed by atoms with van der Waals surface area (Å²) in [7, 11) is 1.88. The van der Waals surface area contributed by atoms with Crippen LogP contribution in [0.1, 0.15) is 22.9 Å². The molecule has 0 spiro atoms. The molecule has 4 nitrogen and oxygen atoms in total. The van der Waals surface area contributed by atoms with Gasteiger partial charge in [0.05, 0.1) is 18.6 Å². The van der Waals surface area contributed by atoms with Crippen molar-refractivity contribution in [2.24, 2.45) is 7.05 Å². The number of benzene rings is 1. The zero-order valence-corrected chi connectivity index (χ0v) is 11.4. The van der Waals surface area contributed by atoms with E-state index >= 15 is 0 Å². The van der Waals surface area contributed by atoms with Crippen molar-refractivity contribution in [3.05, 3.63) is 46.5 Å². The molecule has 19 heavy (non-hydrogen) atoms. The molecular weight excluding hydrogens is 264 g/mol. The second kappa shape index (κ2) is 4.87. The number of hydrogen-bond acceptors (Lipinski definition) is 3. The predicted octanol–water partition coefficient (Wildman–Crippen LogP) is 2.28. The van der Waals surface area contributed by atoms with Gasteiger partial charge >= 0.3 is 0 Å². The number of ether oxygens (including phenoxy) is 1. The summed E-state index contributed by atoms with van der Waals surface area (Å²) < 4.78 is 7.45. The van der Waals surface area contributed by atoms with Crippen LogP contribution in [0.4, 0.5) is 0 Å². The minimum Gasteiger partial charge on any atom is -0.493 e. The molecule has 1 aromatic heterocycles. The van der Waals surface area contributed by atoms with E-state index in [4.69, 9.17) is 16.3 Å². The van der Waals surface area contributed by atoms with E-state index in [2.05, 4.69) is 4.98 Å². The fraction of sp³-hybridized carbons (Fsp3) is 0.357. The monoisotopic (exact) mass is 278 g/mol. The molecule has 1 aliphatic heterocycles. The number of aliphatic hydroxyl groups excluding tert-OH is 1. The van der Waals surface area contributed by atoms with Crippen LogP contribution in [0, 0.1) is 0 Å². The molecule has 2 heterocycles. The molecule has 0 saturated carbocycles. The highest BCUT2D eigenvalue weighted by molar-refractivity contribution is 6.30. The van der Waals surface area contributed by atoms with Gasteiger partial charge in [-0.05, 0) is 23.3 Å². The first-order valence-electron chi connectivity index (χ1n) is 6.23. The summed E-state index contributed by atoms with van der Waals surface area (Å²) in [5.74, 6) is 0.874. The number of fused-ring (bicyclic) bond motifs is 1. The normalized spacial score (nSPS) is 15.1. The van der Waals surface area contributed by atoms with E-state index in [1.807, 2.05) is 29.9 Å². The maximum absolute atomic E-state index is 10.2.